The molecule has 1 aromatic carbocycles. The van der Waals surface area contributed by atoms with Crippen LogP contribution in [0.15, 0.2) is 23.1 Å². The van der Waals surface area contributed by atoms with Crippen LogP contribution in [0.2, 0.25) is 0 Å². The zero-order chi connectivity index (χ0) is 12.3. The van der Waals surface area contributed by atoms with Crippen molar-refractivity contribution in [1.82, 2.24) is 0 Å². The predicted molar refractivity (Wildman–Crippen MR) is 70.8 cm³/mol. The monoisotopic (exact) mass is 251 g/mol. The summed E-state index contributed by atoms with van der Waals surface area (Å²) in [4.78, 5) is 11.8. The van der Waals surface area contributed by atoms with E-state index in [1.807, 2.05) is 11.8 Å². The summed E-state index contributed by atoms with van der Waals surface area (Å²) in [6, 6.07) is 6.73. The highest BCUT2D eigenvalue weighted by Gasteiger charge is 2.18. The van der Waals surface area contributed by atoms with Crippen molar-refractivity contribution in [3.8, 4) is 0 Å². The topological polar surface area (TPSA) is 49.3 Å². The Hall–Kier alpha value is -1.16. The summed E-state index contributed by atoms with van der Waals surface area (Å²) in [7, 11) is 0. The maximum absolute atomic E-state index is 10.5. The highest BCUT2D eigenvalue weighted by molar-refractivity contribution is 7.99. The molecule has 1 unspecified atom stereocenters. The molecule has 17 heavy (non-hydrogen) atoms. The first-order valence-corrected chi connectivity index (χ1v) is 6.91. The van der Waals surface area contributed by atoms with Crippen LogP contribution in [0.3, 0.4) is 0 Å². The highest BCUT2D eigenvalue weighted by Crippen LogP contribution is 2.34. The van der Waals surface area contributed by atoms with Crippen LogP contribution >= 0.6 is 11.8 Å². The summed E-state index contributed by atoms with van der Waals surface area (Å²) >= 11 is 1.82. The van der Waals surface area contributed by atoms with E-state index in [0.29, 0.717) is 6.42 Å². The van der Waals surface area contributed by atoms with E-state index in [2.05, 4.69) is 30.4 Å². The van der Waals surface area contributed by atoms with Gasteiger partial charge in [-0.05, 0) is 30.5 Å². The van der Waals surface area contributed by atoms with Gasteiger partial charge in [-0.1, -0.05) is 13.0 Å². The van der Waals surface area contributed by atoms with Crippen LogP contribution in [-0.4, -0.2) is 22.9 Å². The molecular weight excluding hydrogens is 234 g/mol. The Morgan fingerprint density at radius 1 is 1.59 bits per heavy atom. The summed E-state index contributed by atoms with van der Waals surface area (Å²) in [6.07, 6.45) is 1.98. The van der Waals surface area contributed by atoms with Crippen molar-refractivity contribution in [2.24, 2.45) is 0 Å². The molecule has 2 N–H and O–H groups in total. The minimum absolute atomic E-state index is 0.237. The first kappa shape index (κ1) is 12.3. The molecule has 4 heteroatoms. The van der Waals surface area contributed by atoms with Gasteiger partial charge in [-0.15, -0.1) is 11.8 Å². The minimum atomic E-state index is -0.719. The van der Waals surface area contributed by atoms with Gasteiger partial charge in [-0.2, -0.15) is 0 Å². The zero-order valence-electron chi connectivity index (χ0n) is 9.90. The number of hydrogen-bond acceptors (Lipinski definition) is 3. The number of fused-ring (bicyclic) bond motifs is 1. The Morgan fingerprint density at radius 3 is 3.12 bits per heavy atom. The number of aliphatic carboxylic acids is 1. The van der Waals surface area contributed by atoms with E-state index in [-0.39, 0.29) is 12.5 Å². The molecule has 0 aromatic heterocycles. The molecule has 1 aromatic rings. The summed E-state index contributed by atoms with van der Waals surface area (Å²) in [5, 5.41) is 12.1. The van der Waals surface area contributed by atoms with Gasteiger partial charge < -0.3 is 10.4 Å². The lowest BCUT2D eigenvalue weighted by Crippen LogP contribution is -2.26. The van der Waals surface area contributed by atoms with Crippen LogP contribution in [0.4, 0.5) is 5.69 Å². The molecule has 0 saturated heterocycles. The standard InChI is InChI=1S/C13H17NO2S/c1-2-9-3-5-11-12(7-9)17-8-10(14-11)4-6-13(15)16/h3,5,7,10,14H,2,4,6,8H2,1H3,(H,15,16). The summed E-state index contributed by atoms with van der Waals surface area (Å²) in [5.41, 5.74) is 2.50. The van der Waals surface area contributed by atoms with Gasteiger partial charge in [0.1, 0.15) is 0 Å². The number of aryl methyl sites for hydroxylation is 1. The van der Waals surface area contributed by atoms with Crippen LogP contribution in [0, 0.1) is 0 Å². The van der Waals surface area contributed by atoms with E-state index in [1.165, 1.54) is 10.5 Å². The Kier molecular flexibility index (Phi) is 3.94. The molecule has 2 rings (SSSR count). The molecule has 1 aliphatic heterocycles. The number of carbonyl (C=O) groups is 1. The molecule has 0 bridgehead atoms. The maximum Gasteiger partial charge on any atom is 0.303 e. The van der Waals surface area contributed by atoms with E-state index < -0.39 is 5.97 Å². The number of rotatable bonds is 4. The number of carboxylic acid groups (broad SMARTS) is 1. The molecule has 1 aliphatic rings. The Bertz CT molecular complexity index is 420. The normalized spacial score (nSPS) is 18.3. The quantitative estimate of drug-likeness (QED) is 0.863. The molecule has 3 nitrogen and oxygen atoms in total. The third-order valence-electron chi connectivity index (χ3n) is 2.96. The van der Waals surface area contributed by atoms with Crippen LogP contribution in [-0.2, 0) is 11.2 Å². The summed E-state index contributed by atoms with van der Waals surface area (Å²) in [6.45, 7) is 2.15. The van der Waals surface area contributed by atoms with E-state index in [1.54, 1.807) is 0 Å². The van der Waals surface area contributed by atoms with Gasteiger partial charge in [-0.3, -0.25) is 4.79 Å². The second-order valence-corrected chi connectivity index (χ2v) is 5.33. The van der Waals surface area contributed by atoms with Gasteiger partial charge in [0.15, 0.2) is 0 Å². The van der Waals surface area contributed by atoms with Gasteiger partial charge in [0.25, 0.3) is 0 Å². The Morgan fingerprint density at radius 2 is 2.41 bits per heavy atom. The third kappa shape index (κ3) is 3.16. The van der Waals surface area contributed by atoms with Crippen LogP contribution in [0.25, 0.3) is 0 Å². The average molecular weight is 251 g/mol. The number of carboxylic acids is 1. The average Bonchev–Trinajstić information content (AvgIpc) is 2.35. The lowest BCUT2D eigenvalue weighted by molar-refractivity contribution is -0.137. The van der Waals surface area contributed by atoms with Gasteiger partial charge in [-0.25, -0.2) is 0 Å². The fourth-order valence-electron chi connectivity index (χ4n) is 1.93. The molecule has 1 atom stereocenters. The smallest absolute Gasteiger partial charge is 0.303 e. The lowest BCUT2D eigenvalue weighted by Gasteiger charge is -2.26. The number of anilines is 1. The number of benzene rings is 1. The largest absolute Gasteiger partial charge is 0.481 e. The zero-order valence-corrected chi connectivity index (χ0v) is 10.7. The molecule has 0 spiro atoms. The number of hydrogen-bond donors (Lipinski definition) is 2. The van der Waals surface area contributed by atoms with E-state index in [0.717, 1.165) is 17.9 Å². The first-order valence-electron chi connectivity index (χ1n) is 5.93. The van der Waals surface area contributed by atoms with Crippen molar-refractivity contribution in [3.05, 3.63) is 23.8 Å². The second kappa shape index (κ2) is 5.45. The van der Waals surface area contributed by atoms with Crippen molar-refractivity contribution < 1.29 is 9.90 Å². The molecule has 92 valence electrons. The molecule has 0 saturated carbocycles. The third-order valence-corrected chi connectivity index (χ3v) is 4.18. The van der Waals surface area contributed by atoms with E-state index in [4.69, 9.17) is 5.11 Å². The minimum Gasteiger partial charge on any atom is -0.481 e. The van der Waals surface area contributed by atoms with Crippen molar-refractivity contribution >= 4 is 23.4 Å². The van der Waals surface area contributed by atoms with Crippen LogP contribution < -0.4 is 5.32 Å². The number of nitrogens with one attached hydrogen (secondary N) is 1. The maximum atomic E-state index is 10.5. The Balaban J connectivity index is 2.01. The number of thioether (sulfide) groups is 1. The van der Waals surface area contributed by atoms with E-state index >= 15 is 0 Å². The van der Waals surface area contributed by atoms with Gasteiger partial charge in [0, 0.05) is 28.8 Å². The predicted octanol–water partition coefficient (Wildman–Crippen LogP) is 3.00. The fourth-order valence-corrected chi connectivity index (χ4v) is 3.08. The van der Waals surface area contributed by atoms with Crippen molar-refractivity contribution in [1.29, 1.82) is 0 Å². The van der Waals surface area contributed by atoms with Gasteiger partial charge in [0.05, 0.1) is 0 Å². The van der Waals surface area contributed by atoms with Crippen molar-refractivity contribution in [2.45, 2.75) is 37.1 Å². The van der Waals surface area contributed by atoms with Crippen molar-refractivity contribution in [3.63, 3.8) is 0 Å². The molecule has 0 radical (unpaired) electrons. The summed E-state index contributed by atoms with van der Waals surface area (Å²) < 4.78 is 0. The molecule has 1 heterocycles. The van der Waals surface area contributed by atoms with Gasteiger partial charge in [0.2, 0.25) is 0 Å². The summed E-state index contributed by atoms with van der Waals surface area (Å²) in [5.74, 6) is 0.233. The van der Waals surface area contributed by atoms with E-state index in [9.17, 15) is 4.79 Å². The molecular formula is C13H17NO2S. The Labute approximate surface area is 106 Å². The second-order valence-electron chi connectivity index (χ2n) is 4.27. The van der Waals surface area contributed by atoms with Crippen LogP contribution in [0.5, 0.6) is 0 Å². The van der Waals surface area contributed by atoms with Gasteiger partial charge >= 0.3 is 5.97 Å². The SMILES string of the molecule is CCc1ccc2c(c1)SCC(CCC(=O)O)N2. The highest BCUT2D eigenvalue weighted by atomic mass is 32.2. The lowest BCUT2D eigenvalue weighted by atomic mass is 10.1. The first-order chi connectivity index (χ1) is 8.19. The molecule has 0 aliphatic carbocycles. The molecule has 0 amide bonds. The van der Waals surface area contributed by atoms with Crippen molar-refractivity contribution in [2.75, 3.05) is 11.1 Å². The molecule has 0 fully saturated rings. The van der Waals surface area contributed by atoms with Crippen LogP contribution in [0.1, 0.15) is 25.3 Å². The fraction of sp³-hybridized carbons (Fsp3) is 0.462.